The molecule has 9 nitrogen and oxygen atoms in total. The van der Waals surface area contributed by atoms with Crippen LogP contribution in [0.3, 0.4) is 0 Å². The lowest BCUT2D eigenvalue weighted by Crippen LogP contribution is -2.42. The average Bonchev–Trinajstić information content (AvgIpc) is 3.87. The van der Waals surface area contributed by atoms with E-state index in [-0.39, 0.29) is 17.9 Å². The number of nitrogens with zero attached hydrogens (tertiary/aromatic N) is 4. The van der Waals surface area contributed by atoms with Gasteiger partial charge in [-0.25, -0.2) is 9.97 Å². The van der Waals surface area contributed by atoms with Crippen molar-refractivity contribution >= 4 is 28.5 Å². The fraction of sp³-hybridized carbons (Fsp3) is 0.297. The molecule has 3 aliphatic rings. The topological polar surface area (TPSA) is 117 Å². The molecule has 1 aliphatic carbocycles. The van der Waals surface area contributed by atoms with Gasteiger partial charge in [0.15, 0.2) is 0 Å². The summed E-state index contributed by atoms with van der Waals surface area (Å²) >= 11 is 0. The zero-order valence-electron chi connectivity index (χ0n) is 25.8. The molecule has 0 spiro atoms. The van der Waals surface area contributed by atoms with Crippen LogP contribution < -0.4 is 15.4 Å². The van der Waals surface area contributed by atoms with Crippen molar-refractivity contribution in [3.63, 3.8) is 0 Å². The molecular weight excluding hydrogens is 576 g/mol. The highest BCUT2D eigenvalue weighted by molar-refractivity contribution is 6.09. The molecule has 2 aromatic heterocycles. The first kappa shape index (κ1) is 28.5. The van der Waals surface area contributed by atoms with E-state index >= 15 is 0 Å². The summed E-state index contributed by atoms with van der Waals surface area (Å²) in [6.07, 6.45) is 5.64. The van der Waals surface area contributed by atoms with Gasteiger partial charge in [-0.1, -0.05) is 30.3 Å². The van der Waals surface area contributed by atoms with Gasteiger partial charge in [0, 0.05) is 47.0 Å². The zero-order chi connectivity index (χ0) is 31.4. The van der Waals surface area contributed by atoms with Crippen LogP contribution in [0.15, 0.2) is 73.1 Å². The van der Waals surface area contributed by atoms with E-state index in [4.69, 9.17) is 15.5 Å². The third-order valence-corrected chi connectivity index (χ3v) is 9.65. The molecule has 0 unspecified atom stereocenters. The van der Waals surface area contributed by atoms with Gasteiger partial charge in [0.2, 0.25) is 0 Å². The number of ether oxygens (including phenoxy) is 1. The fourth-order valence-electron chi connectivity index (χ4n) is 6.79. The summed E-state index contributed by atoms with van der Waals surface area (Å²) < 4.78 is 6.09. The lowest BCUT2D eigenvalue weighted by molar-refractivity contribution is 0.0714. The van der Waals surface area contributed by atoms with E-state index in [9.17, 15) is 9.59 Å². The summed E-state index contributed by atoms with van der Waals surface area (Å²) in [5.74, 6) is 1.25. The number of aromatic nitrogens is 3. The molecule has 3 aromatic carbocycles. The third-order valence-electron chi connectivity index (χ3n) is 9.65. The molecule has 0 bridgehead atoms. The number of benzene rings is 3. The Morgan fingerprint density at radius 3 is 2.52 bits per heavy atom. The molecule has 5 aromatic rings. The normalized spacial score (nSPS) is 17.1. The second-order valence-electron chi connectivity index (χ2n) is 12.7. The highest BCUT2D eigenvalue weighted by atomic mass is 16.5. The number of anilines is 1. The molecule has 2 amide bonds. The van der Waals surface area contributed by atoms with E-state index in [0.717, 1.165) is 52.0 Å². The van der Waals surface area contributed by atoms with Gasteiger partial charge in [0.25, 0.3) is 11.8 Å². The SMILES string of the molecule is Cc1c(-c2ncnc3[nH]c(-c4ccc(C(=O)N5CCC(N)CC5)cc4)cc23)cccc1N1CCOc2cc(C3CC3)ccc2C1=O. The molecule has 9 heteroatoms. The van der Waals surface area contributed by atoms with Gasteiger partial charge in [-0.2, -0.15) is 0 Å². The number of rotatable bonds is 5. The summed E-state index contributed by atoms with van der Waals surface area (Å²) in [4.78, 5) is 43.3. The minimum Gasteiger partial charge on any atom is -0.491 e. The predicted octanol–water partition coefficient (Wildman–Crippen LogP) is 6.08. The maximum atomic E-state index is 13.9. The van der Waals surface area contributed by atoms with Crippen molar-refractivity contribution in [3.8, 4) is 28.3 Å². The van der Waals surface area contributed by atoms with Crippen LogP contribution in [0.5, 0.6) is 5.75 Å². The Morgan fingerprint density at radius 1 is 0.935 bits per heavy atom. The van der Waals surface area contributed by atoms with Crippen LogP contribution in [0.25, 0.3) is 33.5 Å². The molecule has 46 heavy (non-hydrogen) atoms. The minimum absolute atomic E-state index is 0.0413. The molecule has 2 fully saturated rings. The van der Waals surface area contributed by atoms with Crippen LogP contribution in [0.2, 0.25) is 0 Å². The lowest BCUT2D eigenvalue weighted by Gasteiger charge is -2.30. The number of amides is 2. The number of nitrogens with two attached hydrogens (primary N) is 1. The number of carbonyl (C=O) groups excluding carboxylic acids is 2. The number of hydrogen-bond acceptors (Lipinski definition) is 6. The van der Waals surface area contributed by atoms with Gasteiger partial charge in [0.1, 0.15) is 24.3 Å². The van der Waals surface area contributed by atoms with Gasteiger partial charge in [-0.15, -0.1) is 0 Å². The van der Waals surface area contributed by atoms with Crippen LogP contribution >= 0.6 is 0 Å². The maximum absolute atomic E-state index is 13.9. The van der Waals surface area contributed by atoms with Gasteiger partial charge < -0.3 is 25.3 Å². The molecule has 2 aliphatic heterocycles. The monoisotopic (exact) mass is 612 g/mol. The Morgan fingerprint density at radius 2 is 1.74 bits per heavy atom. The van der Waals surface area contributed by atoms with E-state index in [2.05, 4.69) is 28.2 Å². The molecule has 4 heterocycles. The largest absolute Gasteiger partial charge is 0.491 e. The minimum atomic E-state index is -0.0577. The van der Waals surface area contributed by atoms with Crippen LogP contribution in [0.4, 0.5) is 5.69 Å². The second kappa shape index (κ2) is 11.4. The van der Waals surface area contributed by atoms with Crippen molar-refractivity contribution in [3.05, 3.63) is 95.3 Å². The van der Waals surface area contributed by atoms with Gasteiger partial charge in [-0.05, 0) is 91.6 Å². The Labute approximate surface area is 267 Å². The standard InChI is InChI=1S/C37H36N6O3/c1-22-28(3-2-4-32(22)43-17-18-46-33-19-26(23-5-6-23)11-12-29(33)37(43)45)34-30-20-31(41-35(30)40-21-39-34)24-7-9-25(10-8-24)36(44)42-15-13-27(38)14-16-42/h2-4,7-12,19-21,23,27H,5-6,13-18,38H2,1H3,(H,39,40,41). The number of H-pyrrole nitrogens is 1. The molecule has 1 saturated heterocycles. The first-order valence-corrected chi connectivity index (χ1v) is 16.1. The van der Waals surface area contributed by atoms with Crippen LogP contribution in [0, 0.1) is 6.92 Å². The number of piperidine rings is 1. The summed E-state index contributed by atoms with van der Waals surface area (Å²) in [5, 5.41) is 0.881. The van der Waals surface area contributed by atoms with Crippen molar-refractivity contribution in [2.75, 3.05) is 31.1 Å². The number of hydrogen-bond donors (Lipinski definition) is 2. The number of likely N-dealkylation sites (tertiary alicyclic amines) is 1. The number of fused-ring (bicyclic) bond motifs is 2. The highest BCUT2D eigenvalue weighted by Gasteiger charge is 2.30. The van der Waals surface area contributed by atoms with Gasteiger partial charge in [0.05, 0.1) is 17.8 Å². The summed E-state index contributed by atoms with van der Waals surface area (Å²) in [5.41, 5.74) is 14.6. The summed E-state index contributed by atoms with van der Waals surface area (Å²) in [6, 6.07) is 22.0. The molecule has 232 valence electrons. The van der Waals surface area contributed by atoms with Crippen LogP contribution in [-0.4, -0.2) is 63.9 Å². The Balaban J connectivity index is 1.09. The van der Waals surface area contributed by atoms with Gasteiger partial charge >= 0.3 is 0 Å². The smallest absolute Gasteiger partial charge is 0.262 e. The number of nitrogens with one attached hydrogen (secondary N) is 1. The second-order valence-corrected chi connectivity index (χ2v) is 12.7. The predicted molar refractivity (Wildman–Crippen MR) is 178 cm³/mol. The number of carbonyl (C=O) groups is 2. The summed E-state index contributed by atoms with van der Waals surface area (Å²) in [6.45, 7) is 4.30. The lowest BCUT2D eigenvalue weighted by atomic mass is 10.00. The molecule has 0 atom stereocenters. The van der Waals surface area contributed by atoms with Crippen molar-refractivity contribution in [2.45, 2.75) is 44.6 Å². The maximum Gasteiger partial charge on any atom is 0.262 e. The van der Waals surface area contributed by atoms with E-state index in [1.54, 1.807) is 6.33 Å². The van der Waals surface area contributed by atoms with Crippen molar-refractivity contribution in [1.82, 2.24) is 19.9 Å². The first-order valence-electron chi connectivity index (χ1n) is 16.1. The van der Waals surface area contributed by atoms with Crippen LogP contribution in [0.1, 0.15) is 63.4 Å². The Bertz CT molecular complexity index is 1970. The van der Waals surface area contributed by atoms with Crippen molar-refractivity contribution in [1.29, 1.82) is 0 Å². The van der Waals surface area contributed by atoms with E-state index in [1.807, 2.05) is 65.3 Å². The van der Waals surface area contributed by atoms with E-state index < -0.39 is 0 Å². The summed E-state index contributed by atoms with van der Waals surface area (Å²) in [7, 11) is 0. The van der Waals surface area contributed by atoms with Crippen LogP contribution in [-0.2, 0) is 0 Å². The first-order chi connectivity index (χ1) is 22.4. The fourth-order valence-corrected chi connectivity index (χ4v) is 6.79. The quantitative estimate of drug-likeness (QED) is 0.249. The molecular formula is C37H36N6O3. The van der Waals surface area contributed by atoms with Crippen molar-refractivity contribution < 1.29 is 14.3 Å². The Kier molecular flexibility index (Phi) is 7.06. The molecule has 1 saturated carbocycles. The molecule has 0 radical (unpaired) electrons. The van der Waals surface area contributed by atoms with E-state index in [0.29, 0.717) is 54.7 Å². The average molecular weight is 613 g/mol. The van der Waals surface area contributed by atoms with Crippen molar-refractivity contribution in [2.24, 2.45) is 5.73 Å². The molecule has 8 rings (SSSR count). The van der Waals surface area contributed by atoms with Gasteiger partial charge in [-0.3, -0.25) is 9.59 Å². The molecule has 3 N–H and O–H groups in total. The third kappa shape index (κ3) is 5.10. The van der Waals surface area contributed by atoms with E-state index in [1.165, 1.54) is 18.4 Å². The number of aromatic amines is 1. The zero-order valence-corrected chi connectivity index (χ0v) is 25.8. The highest BCUT2D eigenvalue weighted by Crippen LogP contribution is 2.42. The Hall–Kier alpha value is -5.02.